The van der Waals surface area contributed by atoms with Gasteiger partial charge in [0.1, 0.15) is 23.3 Å². The van der Waals surface area contributed by atoms with Crippen LogP contribution >= 0.6 is 0 Å². The highest BCUT2D eigenvalue weighted by Crippen LogP contribution is 2.45. The van der Waals surface area contributed by atoms with Crippen molar-refractivity contribution >= 4 is 23.1 Å². The lowest BCUT2D eigenvalue weighted by Crippen LogP contribution is -2.29. The molecule has 0 radical (unpaired) electrons. The SMILES string of the molecule is COc1ccc(/C(O)=C2/C(=O)C(=O)N(c3ccc4c(c3)OCO4)C2c2ccco2)cc1. The van der Waals surface area contributed by atoms with Gasteiger partial charge in [-0.1, -0.05) is 0 Å². The Morgan fingerprint density at radius 2 is 1.84 bits per heavy atom. The second-order valence-corrected chi connectivity index (χ2v) is 6.95. The number of fused-ring (bicyclic) bond motifs is 1. The number of rotatable bonds is 4. The summed E-state index contributed by atoms with van der Waals surface area (Å²) in [7, 11) is 1.53. The summed E-state index contributed by atoms with van der Waals surface area (Å²) < 4.78 is 21.4. The van der Waals surface area contributed by atoms with E-state index in [2.05, 4.69) is 0 Å². The molecule has 2 aliphatic heterocycles. The van der Waals surface area contributed by atoms with E-state index in [-0.39, 0.29) is 18.1 Å². The highest BCUT2D eigenvalue weighted by molar-refractivity contribution is 6.51. The highest BCUT2D eigenvalue weighted by Gasteiger charge is 2.48. The van der Waals surface area contributed by atoms with Crippen molar-refractivity contribution in [1.82, 2.24) is 0 Å². The van der Waals surface area contributed by atoms with E-state index in [0.29, 0.717) is 34.3 Å². The van der Waals surface area contributed by atoms with Crippen molar-refractivity contribution in [3.63, 3.8) is 0 Å². The zero-order chi connectivity index (χ0) is 21.5. The minimum absolute atomic E-state index is 0.0669. The number of carbonyl (C=O) groups is 2. The first-order valence-corrected chi connectivity index (χ1v) is 9.47. The van der Waals surface area contributed by atoms with E-state index in [4.69, 9.17) is 18.6 Å². The number of hydrogen-bond acceptors (Lipinski definition) is 7. The summed E-state index contributed by atoms with van der Waals surface area (Å²) >= 11 is 0. The molecule has 0 aliphatic carbocycles. The Balaban J connectivity index is 1.66. The molecule has 2 aromatic carbocycles. The highest BCUT2D eigenvalue weighted by atomic mass is 16.7. The van der Waals surface area contributed by atoms with Crippen molar-refractivity contribution in [1.29, 1.82) is 0 Å². The van der Waals surface area contributed by atoms with Gasteiger partial charge in [0.15, 0.2) is 11.5 Å². The molecule has 31 heavy (non-hydrogen) atoms. The van der Waals surface area contributed by atoms with Gasteiger partial charge in [-0.2, -0.15) is 0 Å². The van der Waals surface area contributed by atoms with Crippen LogP contribution in [0, 0.1) is 0 Å². The molecule has 8 nitrogen and oxygen atoms in total. The van der Waals surface area contributed by atoms with Crippen LogP contribution in [0.25, 0.3) is 5.76 Å². The first-order chi connectivity index (χ1) is 15.1. The lowest BCUT2D eigenvalue weighted by atomic mass is 9.99. The van der Waals surface area contributed by atoms with E-state index in [1.807, 2.05) is 0 Å². The zero-order valence-electron chi connectivity index (χ0n) is 16.4. The van der Waals surface area contributed by atoms with Gasteiger partial charge in [-0.15, -0.1) is 0 Å². The van der Waals surface area contributed by atoms with Gasteiger partial charge in [-0.25, -0.2) is 0 Å². The van der Waals surface area contributed by atoms with Gasteiger partial charge in [0.25, 0.3) is 11.7 Å². The quantitative estimate of drug-likeness (QED) is 0.392. The monoisotopic (exact) mass is 419 g/mol. The summed E-state index contributed by atoms with van der Waals surface area (Å²) in [6.07, 6.45) is 1.45. The average molecular weight is 419 g/mol. The summed E-state index contributed by atoms with van der Waals surface area (Å²) in [4.78, 5) is 27.4. The fourth-order valence-electron chi connectivity index (χ4n) is 3.75. The third-order valence-electron chi connectivity index (χ3n) is 5.25. The van der Waals surface area contributed by atoms with E-state index >= 15 is 0 Å². The molecule has 1 N–H and O–H groups in total. The lowest BCUT2D eigenvalue weighted by molar-refractivity contribution is -0.132. The summed E-state index contributed by atoms with van der Waals surface area (Å²) in [6, 6.07) is 13.8. The molecule has 0 spiro atoms. The van der Waals surface area contributed by atoms with Crippen LogP contribution in [0.2, 0.25) is 0 Å². The molecule has 1 fully saturated rings. The van der Waals surface area contributed by atoms with Gasteiger partial charge >= 0.3 is 0 Å². The lowest BCUT2D eigenvalue weighted by Gasteiger charge is -2.23. The van der Waals surface area contributed by atoms with E-state index in [0.717, 1.165) is 0 Å². The van der Waals surface area contributed by atoms with Crippen molar-refractivity contribution in [3.8, 4) is 17.2 Å². The molecule has 1 aromatic heterocycles. The topological polar surface area (TPSA) is 98.4 Å². The minimum Gasteiger partial charge on any atom is -0.507 e. The maximum Gasteiger partial charge on any atom is 0.300 e. The van der Waals surface area contributed by atoms with Gasteiger partial charge in [-0.3, -0.25) is 14.5 Å². The standard InChI is InChI=1S/C23H17NO7/c1-28-15-7-4-13(5-8-15)21(25)19-20(17-3-2-10-29-17)24(23(27)22(19)26)14-6-9-16-18(11-14)31-12-30-16/h2-11,20,25H,12H2,1H3/b21-19-. The van der Waals surface area contributed by atoms with Gasteiger partial charge < -0.3 is 23.7 Å². The van der Waals surface area contributed by atoms with Crippen molar-refractivity contribution in [2.24, 2.45) is 0 Å². The van der Waals surface area contributed by atoms with Crippen LogP contribution in [0.4, 0.5) is 5.69 Å². The fraction of sp³-hybridized carbons (Fsp3) is 0.130. The Kier molecular flexibility index (Phi) is 4.39. The summed E-state index contributed by atoms with van der Waals surface area (Å²) in [6.45, 7) is 0.0800. The molecular weight excluding hydrogens is 402 g/mol. The second kappa shape index (κ2) is 7.24. The molecule has 5 rings (SSSR count). The number of Topliss-reactive ketones (excluding diaryl/α,β-unsaturated/α-hetero) is 1. The predicted octanol–water partition coefficient (Wildman–Crippen LogP) is 3.64. The molecule has 1 saturated heterocycles. The summed E-state index contributed by atoms with van der Waals surface area (Å²) in [5.74, 6) is 0.0566. The molecular formula is C23H17NO7. The molecule has 1 amide bonds. The van der Waals surface area contributed by atoms with Crippen molar-refractivity contribution < 1.29 is 33.3 Å². The van der Waals surface area contributed by atoms with Gasteiger partial charge in [0.2, 0.25) is 6.79 Å². The Hall–Kier alpha value is -4.20. The largest absolute Gasteiger partial charge is 0.507 e. The summed E-state index contributed by atoms with van der Waals surface area (Å²) in [5, 5.41) is 11.0. The Morgan fingerprint density at radius 3 is 2.55 bits per heavy atom. The predicted molar refractivity (Wildman–Crippen MR) is 109 cm³/mol. The number of furan rings is 1. The number of aliphatic hydroxyl groups is 1. The van der Waals surface area contributed by atoms with Gasteiger partial charge in [0.05, 0.1) is 18.9 Å². The number of nitrogens with zero attached hydrogens (tertiary/aromatic N) is 1. The molecule has 156 valence electrons. The molecule has 0 saturated carbocycles. The normalized spacial score (nSPS) is 19.1. The van der Waals surface area contributed by atoms with E-state index in [9.17, 15) is 14.7 Å². The zero-order valence-corrected chi connectivity index (χ0v) is 16.4. The molecule has 2 aliphatic rings. The third kappa shape index (κ3) is 3.00. The molecule has 3 heterocycles. The Morgan fingerprint density at radius 1 is 1.06 bits per heavy atom. The number of hydrogen-bond donors (Lipinski definition) is 1. The van der Waals surface area contributed by atoms with Crippen LogP contribution in [0.5, 0.6) is 17.2 Å². The average Bonchev–Trinajstić information content (AvgIpc) is 3.53. The number of aliphatic hydroxyl groups excluding tert-OH is 1. The second-order valence-electron chi connectivity index (χ2n) is 6.95. The summed E-state index contributed by atoms with van der Waals surface area (Å²) in [5.41, 5.74) is 0.727. The van der Waals surface area contributed by atoms with E-state index in [1.165, 1.54) is 18.3 Å². The number of carbonyl (C=O) groups excluding carboxylic acids is 2. The third-order valence-corrected chi connectivity index (χ3v) is 5.25. The molecule has 1 unspecified atom stereocenters. The Bertz CT molecular complexity index is 1200. The number of amides is 1. The maximum absolute atomic E-state index is 13.1. The van der Waals surface area contributed by atoms with E-state index < -0.39 is 17.7 Å². The number of anilines is 1. The number of benzene rings is 2. The van der Waals surface area contributed by atoms with Crippen molar-refractivity contribution in [2.75, 3.05) is 18.8 Å². The number of ketones is 1. The Labute approximate surface area is 176 Å². The van der Waals surface area contributed by atoms with Crippen molar-refractivity contribution in [2.45, 2.75) is 6.04 Å². The first-order valence-electron chi connectivity index (χ1n) is 9.47. The maximum atomic E-state index is 13.1. The minimum atomic E-state index is -0.947. The smallest absolute Gasteiger partial charge is 0.300 e. The van der Waals surface area contributed by atoms with Gasteiger partial charge in [0, 0.05) is 17.3 Å². The first kappa shape index (κ1) is 18.8. The van der Waals surface area contributed by atoms with Crippen LogP contribution in [0.15, 0.2) is 70.9 Å². The number of methoxy groups -OCH3 is 1. The van der Waals surface area contributed by atoms with Crippen LogP contribution in [-0.2, 0) is 9.59 Å². The van der Waals surface area contributed by atoms with Crippen LogP contribution in [-0.4, -0.2) is 30.7 Å². The van der Waals surface area contributed by atoms with Crippen molar-refractivity contribution in [3.05, 3.63) is 77.8 Å². The fourth-order valence-corrected chi connectivity index (χ4v) is 3.75. The van der Waals surface area contributed by atoms with Crippen LogP contribution in [0.3, 0.4) is 0 Å². The van der Waals surface area contributed by atoms with E-state index in [1.54, 1.807) is 54.6 Å². The molecule has 8 heteroatoms. The number of ether oxygens (including phenoxy) is 3. The molecule has 0 bridgehead atoms. The molecule has 3 aromatic rings. The molecule has 1 atom stereocenters. The van der Waals surface area contributed by atoms with Gasteiger partial charge in [-0.05, 0) is 48.5 Å². The van der Waals surface area contributed by atoms with Crippen LogP contribution < -0.4 is 19.1 Å². The van der Waals surface area contributed by atoms with Crippen LogP contribution in [0.1, 0.15) is 17.4 Å².